The number of rotatable bonds is 2. The average Bonchev–Trinajstić information content (AvgIpc) is 2.18. The van der Waals surface area contributed by atoms with Crippen molar-refractivity contribution in [3.05, 3.63) is 12.7 Å². The second-order valence-corrected chi connectivity index (χ2v) is 3.33. The first-order valence-electron chi connectivity index (χ1n) is 4.47. The van der Waals surface area contributed by atoms with Gasteiger partial charge in [-0.05, 0) is 13.0 Å². The fourth-order valence-electron chi connectivity index (χ4n) is 1.40. The first-order chi connectivity index (χ1) is 6.56. The fraction of sp³-hybridized carbons (Fsp3) is 0.667. The Labute approximate surface area is 82.4 Å². The maximum absolute atomic E-state index is 11.0. The summed E-state index contributed by atoms with van der Waals surface area (Å²) in [6, 6.07) is -0.593. The van der Waals surface area contributed by atoms with Crippen LogP contribution in [0.4, 0.5) is 0 Å². The molecule has 1 fully saturated rings. The molecule has 4 atom stereocenters. The molecule has 1 rings (SSSR count). The molecular weight excluding hydrogens is 186 g/mol. The lowest BCUT2D eigenvalue weighted by Crippen LogP contribution is -2.59. The second-order valence-electron chi connectivity index (χ2n) is 3.33. The first-order valence-corrected chi connectivity index (χ1v) is 4.47. The van der Waals surface area contributed by atoms with Crippen molar-refractivity contribution in [2.24, 2.45) is 0 Å². The van der Waals surface area contributed by atoms with Gasteiger partial charge in [0, 0.05) is 0 Å². The van der Waals surface area contributed by atoms with Crippen molar-refractivity contribution >= 4 is 5.91 Å². The molecule has 3 N–H and O–H groups in total. The first kappa shape index (κ1) is 11.2. The van der Waals surface area contributed by atoms with Crippen LogP contribution < -0.4 is 5.32 Å². The number of amides is 1. The minimum absolute atomic E-state index is 0.0861. The van der Waals surface area contributed by atoms with Gasteiger partial charge in [-0.1, -0.05) is 6.58 Å². The molecule has 1 saturated heterocycles. The number of hydrogen-bond donors (Lipinski definition) is 3. The van der Waals surface area contributed by atoms with Gasteiger partial charge in [0.25, 0.3) is 0 Å². The molecular formula is C9H15NO4. The molecule has 0 aromatic heterocycles. The Hall–Kier alpha value is -0.910. The highest BCUT2D eigenvalue weighted by Crippen LogP contribution is 2.14. The zero-order valence-electron chi connectivity index (χ0n) is 8.01. The van der Waals surface area contributed by atoms with Crippen LogP contribution in [0.2, 0.25) is 0 Å². The highest BCUT2D eigenvalue weighted by molar-refractivity contribution is 5.87. The third kappa shape index (κ3) is 2.31. The van der Waals surface area contributed by atoms with E-state index in [-0.39, 0.29) is 12.7 Å². The summed E-state index contributed by atoms with van der Waals surface area (Å²) >= 11 is 0. The Morgan fingerprint density at radius 2 is 2.29 bits per heavy atom. The monoisotopic (exact) mass is 201 g/mol. The predicted molar refractivity (Wildman–Crippen MR) is 49.6 cm³/mol. The molecule has 1 amide bonds. The third-order valence-electron chi connectivity index (χ3n) is 2.29. The summed E-state index contributed by atoms with van der Waals surface area (Å²) in [4.78, 5) is 11.0. The second kappa shape index (κ2) is 4.54. The highest BCUT2D eigenvalue weighted by atomic mass is 16.5. The number of aliphatic hydroxyl groups excluding tert-OH is 2. The van der Waals surface area contributed by atoms with Gasteiger partial charge >= 0.3 is 0 Å². The van der Waals surface area contributed by atoms with Gasteiger partial charge in [-0.2, -0.15) is 0 Å². The van der Waals surface area contributed by atoms with Crippen LogP contribution in [0.25, 0.3) is 0 Å². The van der Waals surface area contributed by atoms with Crippen LogP contribution in [0.1, 0.15) is 6.92 Å². The lowest BCUT2D eigenvalue weighted by atomic mass is 9.98. The van der Waals surface area contributed by atoms with Crippen molar-refractivity contribution in [3.8, 4) is 0 Å². The van der Waals surface area contributed by atoms with E-state index in [4.69, 9.17) is 4.74 Å². The van der Waals surface area contributed by atoms with Crippen molar-refractivity contribution in [2.45, 2.75) is 31.3 Å². The molecule has 1 aliphatic heterocycles. The van der Waals surface area contributed by atoms with Crippen LogP contribution in [-0.4, -0.2) is 47.1 Å². The Bertz CT molecular complexity index is 231. The molecule has 0 radical (unpaired) electrons. The van der Waals surface area contributed by atoms with Crippen molar-refractivity contribution in [1.82, 2.24) is 5.32 Å². The fourth-order valence-corrected chi connectivity index (χ4v) is 1.40. The Kier molecular flexibility index (Phi) is 3.62. The zero-order chi connectivity index (χ0) is 10.7. The number of carbonyl (C=O) groups is 1. The van der Waals surface area contributed by atoms with Gasteiger partial charge in [0.05, 0.1) is 18.8 Å². The van der Waals surface area contributed by atoms with Crippen molar-refractivity contribution in [2.75, 3.05) is 6.61 Å². The molecule has 0 bridgehead atoms. The third-order valence-corrected chi connectivity index (χ3v) is 2.29. The summed E-state index contributed by atoms with van der Waals surface area (Å²) in [6.45, 7) is 5.11. The number of hydrogen-bond acceptors (Lipinski definition) is 4. The van der Waals surface area contributed by atoms with E-state index in [0.29, 0.717) is 0 Å². The topological polar surface area (TPSA) is 78.8 Å². The molecule has 0 aliphatic carbocycles. The molecule has 14 heavy (non-hydrogen) atoms. The van der Waals surface area contributed by atoms with Crippen LogP contribution in [0, 0.1) is 0 Å². The van der Waals surface area contributed by atoms with Gasteiger partial charge in [-0.25, -0.2) is 0 Å². The van der Waals surface area contributed by atoms with Gasteiger partial charge < -0.3 is 20.3 Å². The van der Waals surface area contributed by atoms with Crippen LogP contribution in [0.3, 0.4) is 0 Å². The van der Waals surface area contributed by atoms with Crippen LogP contribution in [0.15, 0.2) is 12.7 Å². The van der Waals surface area contributed by atoms with Gasteiger partial charge in [-0.15, -0.1) is 0 Å². The van der Waals surface area contributed by atoms with Gasteiger partial charge in [-0.3, -0.25) is 4.79 Å². The maximum atomic E-state index is 11.0. The van der Waals surface area contributed by atoms with E-state index >= 15 is 0 Å². The van der Waals surface area contributed by atoms with Crippen LogP contribution >= 0.6 is 0 Å². The molecule has 0 unspecified atom stereocenters. The molecule has 1 aliphatic rings. The van der Waals surface area contributed by atoms with E-state index in [1.807, 2.05) is 0 Å². The molecule has 0 spiro atoms. The average molecular weight is 201 g/mol. The number of carbonyl (C=O) groups excluding carboxylic acids is 1. The van der Waals surface area contributed by atoms with Crippen LogP contribution in [0.5, 0.6) is 0 Å². The van der Waals surface area contributed by atoms with Crippen molar-refractivity contribution < 1.29 is 19.7 Å². The van der Waals surface area contributed by atoms with Gasteiger partial charge in [0.2, 0.25) is 5.91 Å². The minimum atomic E-state index is -0.998. The Balaban J connectivity index is 2.62. The highest BCUT2D eigenvalue weighted by Gasteiger charge is 2.36. The van der Waals surface area contributed by atoms with E-state index in [0.717, 1.165) is 6.08 Å². The van der Waals surface area contributed by atoms with Crippen LogP contribution in [-0.2, 0) is 9.53 Å². The lowest BCUT2D eigenvalue weighted by Gasteiger charge is -2.36. The summed E-state index contributed by atoms with van der Waals surface area (Å²) in [5.41, 5.74) is 0. The molecule has 1 heterocycles. The van der Waals surface area contributed by atoms with Crippen molar-refractivity contribution in [3.63, 3.8) is 0 Å². The zero-order valence-corrected chi connectivity index (χ0v) is 8.01. The van der Waals surface area contributed by atoms with E-state index < -0.39 is 24.2 Å². The quantitative estimate of drug-likeness (QED) is 0.490. The molecule has 0 aromatic rings. The predicted octanol–water partition coefficient (Wildman–Crippen LogP) is -1.20. The van der Waals surface area contributed by atoms with E-state index in [1.165, 1.54) is 0 Å². The molecule has 0 saturated carbocycles. The van der Waals surface area contributed by atoms with Gasteiger partial charge in [0.1, 0.15) is 12.2 Å². The summed E-state index contributed by atoms with van der Waals surface area (Å²) in [6.07, 6.45) is -1.17. The largest absolute Gasteiger partial charge is 0.388 e. The Morgan fingerprint density at radius 1 is 1.64 bits per heavy atom. The lowest BCUT2D eigenvalue weighted by molar-refractivity contribution is -0.143. The smallest absolute Gasteiger partial charge is 0.243 e. The van der Waals surface area contributed by atoms with E-state index in [9.17, 15) is 15.0 Å². The number of aliphatic hydroxyl groups is 2. The molecule has 5 nitrogen and oxygen atoms in total. The standard InChI is InChI=1S/C9H15NO4/c1-3-7(12)10-8-5(2)14-4-6(11)9(8)13/h3,5-6,8-9,11,13H,1,4H2,2H3,(H,10,12)/t5-,6-,8-,9-/m0/s1. The number of ether oxygens (including phenoxy) is 1. The minimum Gasteiger partial charge on any atom is -0.388 e. The molecule has 80 valence electrons. The normalized spacial score (nSPS) is 37.6. The summed E-state index contributed by atoms with van der Waals surface area (Å²) in [7, 11) is 0. The molecule has 0 aromatic carbocycles. The molecule has 5 heteroatoms. The van der Waals surface area contributed by atoms with Crippen molar-refractivity contribution in [1.29, 1.82) is 0 Å². The summed E-state index contributed by atoms with van der Waals surface area (Å²) in [5, 5.41) is 21.4. The van der Waals surface area contributed by atoms with Gasteiger partial charge in [0.15, 0.2) is 0 Å². The maximum Gasteiger partial charge on any atom is 0.243 e. The Morgan fingerprint density at radius 3 is 2.86 bits per heavy atom. The summed E-state index contributed by atoms with van der Waals surface area (Å²) < 4.78 is 5.16. The number of nitrogens with one attached hydrogen (secondary N) is 1. The van der Waals surface area contributed by atoms with E-state index in [1.54, 1.807) is 6.92 Å². The van der Waals surface area contributed by atoms with E-state index in [2.05, 4.69) is 11.9 Å². The summed E-state index contributed by atoms with van der Waals surface area (Å²) in [5.74, 6) is -0.390. The SMILES string of the molecule is C=CC(=O)N[C@@H]1[C@@H](O)[C@@H](O)CO[C@H]1C.